The van der Waals surface area contributed by atoms with Crippen LogP contribution in [0.25, 0.3) is 10.9 Å². The lowest BCUT2D eigenvalue weighted by Gasteiger charge is -2.31. The van der Waals surface area contributed by atoms with Crippen molar-refractivity contribution in [1.82, 2.24) is 9.47 Å². The summed E-state index contributed by atoms with van der Waals surface area (Å²) in [7, 11) is 0. The Labute approximate surface area is 192 Å². The highest BCUT2D eigenvalue weighted by Crippen LogP contribution is 2.31. The maximum Gasteiger partial charge on any atom is 0.310 e. The van der Waals surface area contributed by atoms with Crippen LogP contribution in [0.1, 0.15) is 42.7 Å². The molecule has 0 bridgehead atoms. The molecule has 2 heterocycles. The molecule has 174 valence electrons. The van der Waals surface area contributed by atoms with Crippen LogP contribution in [-0.4, -0.2) is 47.6 Å². The van der Waals surface area contributed by atoms with Gasteiger partial charge in [0.15, 0.2) is 0 Å². The van der Waals surface area contributed by atoms with E-state index >= 15 is 0 Å². The second-order valence-electron chi connectivity index (χ2n) is 8.21. The van der Waals surface area contributed by atoms with Crippen molar-refractivity contribution in [3.8, 4) is 5.75 Å². The average molecular weight is 453 g/mol. The molecule has 1 unspecified atom stereocenters. The molecule has 1 fully saturated rings. The topological polar surface area (TPSA) is 60.8 Å². The fraction of sp³-hybridized carbons (Fsp3) is 0.385. The molecule has 0 saturated carbocycles. The molecule has 1 amide bonds. The van der Waals surface area contributed by atoms with Gasteiger partial charge in [0, 0.05) is 25.0 Å². The SMILES string of the molecule is CCOC(=O)C1CCCN(C(=O)c2cc3c(OCC)cccc3n2Cc2cccc(F)c2)C1. The summed E-state index contributed by atoms with van der Waals surface area (Å²) in [5, 5.41) is 0.832. The Morgan fingerprint density at radius 1 is 1.09 bits per heavy atom. The van der Waals surface area contributed by atoms with Gasteiger partial charge in [0.25, 0.3) is 5.91 Å². The minimum absolute atomic E-state index is 0.154. The summed E-state index contributed by atoms with van der Waals surface area (Å²) in [6.07, 6.45) is 1.45. The molecule has 1 atom stereocenters. The van der Waals surface area contributed by atoms with Crippen molar-refractivity contribution >= 4 is 22.8 Å². The van der Waals surface area contributed by atoms with E-state index in [-0.39, 0.29) is 23.6 Å². The Bertz CT molecular complexity index is 1160. The fourth-order valence-electron chi connectivity index (χ4n) is 4.48. The number of hydrogen-bond donors (Lipinski definition) is 0. The van der Waals surface area contributed by atoms with Crippen molar-refractivity contribution in [3.63, 3.8) is 0 Å². The second-order valence-corrected chi connectivity index (χ2v) is 8.21. The largest absolute Gasteiger partial charge is 0.493 e. The molecule has 7 heteroatoms. The molecular formula is C26H29FN2O4. The summed E-state index contributed by atoms with van der Waals surface area (Å²) in [6, 6.07) is 13.9. The Hall–Kier alpha value is -3.35. The number of esters is 1. The van der Waals surface area contributed by atoms with E-state index in [9.17, 15) is 14.0 Å². The van der Waals surface area contributed by atoms with Crippen LogP contribution in [0.4, 0.5) is 4.39 Å². The number of likely N-dealkylation sites (tertiary alicyclic amines) is 1. The maximum absolute atomic E-state index is 13.9. The Morgan fingerprint density at radius 3 is 2.67 bits per heavy atom. The summed E-state index contributed by atoms with van der Waals surface area (Å²) in [4.78, 5) is 27.7. The molecule has 4 rings (SSSR count). The van der Waals surface area contributed by atoms with Gasteiger partial charge >= 0.3 is 5.97 Å². The van der Waals surface area contributed by atoms with Gasteiger partial charge in [-0.05, 0) is 62.6 Å². The first-order valence-corrected chi connectivity index (χ1v) is 11.5. The minimum atomic E-state index is -0.319. The molecular weight excluding hydrogens is 423 g/mol. The molecule has 0 spiro atoms. The number of carbonyl (C=O) groups excluding carboxylic acids is 2. The highest BCUT2D eigenvalue weighted by atomic mass is 19.1. The third-order valence-corrected chi connectivity index (χ3v) is 5.98. The Morgan fingerprint density at radius 2 is 1.91 bits per heavy atom. The van der Waals surface area contributed by atoms with Gasteiger partial charge in [-0.25, -0.2) is 4.39 Å². The van der Waals surface area contributed by atoms with Crippen LogP contribution in [0, 0.1) is 11.7 Å². The van der Waals surface area contributed by atoms with E-state index in [2.05, 4.69) is 0 Å². The molecule has 0 radical (unpaired) electrons. The van der Waals surface area contributed by atoms with Crippen LogP contribution in [0.3, 0.4) is 0 Å². The third-order valence-electron chi connectivity index (χ3n) is 5.98. The molecule has 3 aromatic rings. The Balaban J connectivity index is 1.73. The zero-order valence-electron chi connectivity index (χ0n) is 19.1. The summed E-state index contributed by atoms with van der Waals surface area (Å²) in [6.45, 7) is 5.78. The number of hydrogen-bond acceptors (Lipinski definition) is 4. The molecule has 6 nitrogen and oxygen atoms in total. The number of fused-ring (bicyclic) bond motifs is 1. The number of aromatic nitrogens is 1. The van der Waals surface area contributed by atoms with E-state index in [1.807, 2.05) is 41.8 Å². The molecule has 1 saturated heterocycles. The van der Waals surface area contributed by atoms with Gasteiger partial charge in [0.05, 0.1) is 24.6 Å². The molecule has 0 aliphatic carbocycles. The number of carbonyl (C=O) groups is 2. The first kappa shape index (κ1) is 22.8. The molecule has 1 aliphatic rings. The van der Waals surface area contributed by atoms with E-state index < -0.39 is 0 Å². The maximum atomic E-state index is 13.9. The van der Waals surface area contributed by atoms with Gasteiger partial charge in [-0.15, -0.1) is 0 Å². The van der Waals surface area contributed by atoms with Crippen LogP contribution >= 0.6 is 0 Å². The standard InChI is InChI=1S/C26H29FN2O4/c1-3-32-24-12-6-11-22-21(24)15-23(29(22)16-18-8-5-10-20(27)14-18)25(30)28-13-7-9-19(17-28)26(31)33-4-2/h5-6,8,10-12,14-15,19H,3-4,7,9,13,16-17H2,1-2H3. The summed E-state index contributed by atoms with van der Waals surface area (Å²) >= 11 is 0. The first-order chi connectivity index (χ1) is 16.0. The van der Waals surface area contributed by atoms with Crippen LogP contribution in [0.2, 0.25) is 0 Å². The van der Waals surface area contributed by atoms with Crippen molar-refractivity contribution in [2.24, 2.45) is 5.92 Å². The average Bonchev–Trinajstić information content (AvgIpc) is 3.18. The number of amides is 1. The monoisotopic (exact) mass is 452 g/mol. The number of ether oxygens (including phenoxy) is 2. The predicted octanol–water partition coefficient (Wildman–Crippen LogP) is 4.64. The summed E-state index contributed by atoms with van der Waals surface area (Å²) in [5.74, 6) is -0.346. The van der Waals surface area contributed by atoms with E-state index in [4.69, 9.17) is 9.47 Å². The molecule has 1 aliphatic heterocycles. The van der Waals surface area contributed by atoms with Gasteiger partial charge in [-0.3, -0.25) is 9.59 Å². The predicted molar refractivity (Wildman–Crippen MR) is 124 cm³/mol. The van der Waals surface area contributed by atoms with Gasteiger partial charge in [0.2, 0.25) is 0 Å². The van der Waals surface area contributed by atoms with Crippen molar-refractivity contribution in [1.29, 1.82) is 0 Å². The molecule has 0 N–H and O–H groups in total. The lowest BCUT2D eigenvalue weighted by Crippen LogP contribution is -2.43. The number of halogens is 1. The van der Waals surface area contributed by atoms with E-state index in [1.165, 1.54) is 12.1 Å². The van der Waals surface area contributed by atoms with E-state index in [0.29, 0.717) is 50.7 Å². The van der Waals surface area contributed by atoms with Crippen molar-refractivity contribution < 1.29 is 23.5 Å². The number of rotatable bonds is 7. The highest BCUT2D eigenvalue weighted by molar-refractivity contribution is 6.00. The van der Waals surface area contributed by atoms with Gasteiger partial charge in [0.1, 0.15) is 17.3 Å². The normalized spacial score (nSPS) is 16.1. The van der Waals surface area contributed by atoms with Crippen LogP contribution in [0.15, 0.2) is 48.5 Å². The van der Waals surface area contributed by atoms with Crippen LogP contribution in [0.5, 0.6) is 5.75 Å². The lowest BCUT2D eigenvalue weighted by molar-refractivity contribution is -0.149. The quantitative estimate of drug-likeness (QED) is 0.490. The third kappa shape index (κ3) is 4.87. The molecule has 33 heavy (non-hydrogen) atoms. The zero-order valence-corrected chi connectivity index (χ0v) is 19.1. The van der Waals surface area contributed by atoms with Crippen molar-refractivity contribution in [3.05, 3.63) is 65.6 Å². The second kappa shape index (κ2) is 10.1. The zero-order chi connectivity index (χ0) is 23.4. The molecule has 2 aromatic carbocycles. The lowest BCUT2D eigenvalue weighted by atomic mass is 9.98. The Kier molecular flexibility index (Phi) is 6.96. The molecule has 1 aromatic heterocycles. The van der Waals surface area contributed by atoms with Gasteiger partial charge in [-0.1, -0.05) is 18.2 Å². The van der Waals surface area contributed by atoms with E-state index in [1.54, 1.807) is 17.9 Å². The van der Waals surface area contributed by atoms with Crippen molar-refractivity contribution in [2.45, 2.75) is 33.2 Å². The van der Waals surface area contributed by atoms with Gasteiger partial charge < -0.3 is 18.9 Å². The van der Waals surface area contributed by atoms with Crippen molar-refractivity contribution in [2.75, 3.05) is 26.3 Å². The summed E-state index contributed by atoms with van der Waals surface area (Å²) in [5.41, 5.74) is 2.09. The number of nitrogens with zero attached hydrogens (tertiary/aromatic N) is 2. The fourth-order valence-corrected chi connectivity index (χ4v) is 4.48. The number of piperidine rings is 1. The summed E-state index contributed by atoms with van der Waals surface area (Å²) < 4.78 is 26.7. The smallest absolute Gasteiger partial charge is 0.310 e. The first-order valence-electron chi connectivity index (χ1n) is 11.5. The number of benzene rings is 2. The highest BCUT2D eigenvalue weighted by Gasteiger charge is 2.31. The van der Waals surface area contributed by atoms with E-state index in [0.717, 1.165) is 22.9 Å². The van der Waals surface area contributed by atoms with Gasteiger partial charge in [-0.2, -0.15) is 0 Å². The van der Waals surface area contributed by atoms with Crippen LogP contribution < -0.4 is 4.74 Å². The van der Waals surface area contributed by atoms with Crippen LogP contribution in [-0.2, 0) is 16.1 Å². The minimum Gasteiger partial charge on any atom is -0.493 e.